The molecule has 0 radical (unpaired) electrons. The summed E-state index contributed by atoms with van der Waals surface area (Å²) in [5.41, 5.74) is 8.11. The number of allylic oxidation sites excluding steroid dienone is 5. The average Bonchev–Trinajstić information content (AvgIpc) is 3.34. The number of fused-ring (bicyclic) bond motifs is 2. The van der Waals surface area contributed by atoms with Crippen molar-refractivity contribution in [2.45, 2.75) is 64.2 Å². The van der Waals surface area contributed by atoms with Crippen molar-refractivity contribution < 1.29 is 0 Å². The number of hydrogen-bond acceptors (Lipinski definition) is 1. The van der Waals surface area contributed by atoms with Crippen molar-refractivity contribution in [3.8, 4) is 0 Å². The van der Waals surface area contributed by atoms with E-state index in [9.17, 15) is 0 Å². The Hall–Kier alpha value is -3.46. The van der Waals surface area contributed by atoms with Crippen LogP contribution in [-0.2, 0) is 23.7 Å². The van der Waals surface area contributed by atoms with Gasteiger partial charge < -0.3 is 4.90 Å². The van der Waals surface area contributed by atoms with Crippen LogP contribution in [-0.4, -0.2) is 6.54 Å². The van der Waals surface area contributed by atoms with Crippen LogP contribution in [0.4, 0.5) is 5.69 Å². The summed E-state index contributed by atoms with van der Waals surface area (Å²) in [6, 6.07) is 33.2. The number of para-hydroxylation sites is 1. The van der Waals surface area contributed by atoms with E-state index < -0.39 is 5.41 Å². The molecule has 0 spiro atoms. The van der Waals surface area contributed by atoms with E-state index in [1.54, 1.807) is 0 Å². The first kappa shape index (κ1) is 36.3. The second-order valence-corrected chi connectivity index (χ2v) is 15.5. The van der Waals surface area contributed by atoms with Crippen LogP contribution in [0.2, 0.25) is 20.1 Å². The number of anilines is 1. The van der Waals surface area contributed by atoms with Gasteiger partial charge in [0.25, 0.3) is 0 Å². The van der Waals surface area contributed by atoms with E-state index in [1.807, 2.05) is 36.4 Å². The molecule has 1 heterocycles. The number of nitrogens with zero attached hydrogens (tertiary/aromatic N) is 1. The fraction of sp³-hybridized carbons (Fsp3) is 0.244. The first-order chi connectivity index (χ1) is 24.0. The summed E-state index contributed by atoms with van der Waals surface area (Å²) in [4.78, 5) is 2.48. The summed E-state index contributed by atoms with van der Waals surface area (Å²) < 4.78 is 0. The molecule has 0 saturated heterocycles. The van der Waals surface area contributed by atoms with Crippen LogP contribution in [0.25, 0.3) is 10.8 Å². The van der Waals surface area contributed by atoms with Crippen molar-refractivity contribution in [1.82, 2.24) is 0 Å². The van der Waals surface area contributed by atoms with E-state index in [4.69, 9.17) is 53.0 Å². The van der Waals surface area contributed by atoms with Crippen molar-refractivity contribution in [1.29, 1.82) is 0 Å². The second kappa shape index (κ2) is 15.0. The zero-order valence-corrected chi connectivity index (χ0v) is 32.2. The number of benzene rings is 5. The molecule has 0 aliphatic carbocycles. The van der Waals surface area contributed by atoms with Crippen molar-refractivity contribution >= 4 is 62.9 Å². The molecule has 2 atom stereocenters. The number of aryl methyl sites for hydroxylation is 1. The van der Waals surface area contributed by atoms with Gasteiger partial charge in [-0.25, -0.2) is 0 Å². The quantitative estimate of drug-likeness (QED) is 0.122. The summed E-state index contributed by atoms with van der Waals surface area (Å²) >= 11 is 27.2. The highest BCUT2D eigenvalue weighted by Gasteiger charge is 2.44. The Bertz CT molecular complexity index is 2090. The molecule has 6 rings (SSSR count). The monoisotopic (exact) mass is 737 g/mol. The molecular weight excluding hydrogens is 696 g/mol. The highest BCUT2D eigenvalue weighted by atomic mass is 35.5. The Morgan fingerprint density at radius 3 is 2.10 bits per heavy atom. The zero-order chi connectivity index (χ0) is 35.6. The summed E-state index contributed by atoms with van der Waals surface area (Å²) in [5.74, 6) is 0. The lowest BCUT2D eigenvalue weighted by atomic mass is 9.70. The first-order valence-electron chi connectivity index (χ1n) is 17.3. The molecule has 0 saturated carbocycles. The van der Waals surface area contributed by atoms with Gasteiger partial charge in [0, 0.05) is 48.8 Å². The molecule has 5 aromatic carbocycles. The van der Waals surface area contributed by atoms with Gasteiger partial charge in [-0.05, 0) is 114 Å². The van der Waals surface area contributed by atoms with Crippen molar-refractivity contribution in [2.75, 3.05) is 11.4 Å². The van der Waals surface area contributed by atoms with Crippen LogP contribution in [0.3, 0.4) is 0 Å². The number of rotatable bonds is 11. The molecule has 1 aliphatic heterocycles. The standard InChI is InChI=1S/C45H43Cl4N/c1-6-7-27-50-42-23-11-10-18-37(42)45(5,29-35-40(48)21-14-22-41(35)49)43(50)24-12-15-30(2)44(4,28-34-38(46)19-13-20-39(34)47)36-26-25-32-16-8-9-17-33(32)31(36)3/h8-26H,2,6-7,27-29H2,1,3-5H3/b15-12+,43-24+. The van der Waals surface area contributed by atoms with E-state index >= 15 is 0 Å². The maximum Gasteiger partial charge on any atom is 0.0453 e. The Morgan fingerprint density at radius 1 is 0.800 bits per heavy atom. The molecule has 256 valence electrons. The minimum Gasteiger partial charge on any atom is -0.344 e. The van der Waals surface area contributed by atoms with Crippen LogP contribution in [0.5, 0.6) is 0 Å². The van der Waals surface area contributed by atoms with Gasteiger partial charge in [0.2, 0.25) is 0 Å². The Kier molecular flexibility index (Phi) is 10.9. The molecule has 0 aromatic heterocycles. The molecular formula is C45H43Cl4N. The SMILES string of the molecule is C=C(/C=C/C=C1/N(CCCC)c2ccccc2C1(C)Cc1c(Cl)cccc1Cl)C(C)(Cc1c(Cl)cccc1Cl)c1ccc2ccccc2c1C. The van der Waals surface area contributed by atoms with Crippen molar-refractivity contribution in [3.05, 3.63) is 181 Å². The summed E-state index contributed by atoms with van der Waals surface area (Å²) in [7, 11) is 0. The Morgan fingerprint density at radius 2 is 1.42 bits per heavy atom. The van der Waals surface area contributed by atoms with Gasteiger partial charge in [0.05, 0.1) is 0 Å². The van der Waals surface area contributed by atoms with Gasteiger partial charge in [-0.3, -0.25) is 0 Å². The minimum atomic E-state index is -0.507. The number of unbranched alkanes of at least 4 members (excludes halogenated alkanes) is 1. The van der Waals surface area contributed by atoms with Gasteiger partial charge in [-0.15, -0.1) is 0 Å². The predicted octanol–water partition coefficient (Wildman–Crippen LogP) is 14.1. The summed E-state index contributed by atoms with van der Waals surface area (Å²) in [5, 5.41) is 5.13. The molecule has 2 unspecified atom stereocenters. The highest BCUT2D eigenvalue weighted by molar-refractivity contribution is 6.36. The number of halogens is 4. The fourth-order valence-electron chi connectivity index (χ4n) is 7.71. The molecule has 50 heavy (non-hydrogen) atoms. The van der Waals surface area contributed by atoms with Gasteiger partial charge in [-0.2, -0.15) is 0 Å². The van der Waals surface area contributed by atoms with Crippen LogP contribution in [0, 0.1) is 6.92 Å². The molecule has 0 N–H and O–H groups in total. The van der Waals surface area contributed by atoms with E-state index in [2.05, 4.69) is 111 Å². The third-order valence-corrected chi connectivity index (χ3v) is 12.0. The lowest BCUT2D eigenvalue weighted by Crippen LogP contribution is -2.31. The molecule has 5 heteroatoms. The third-order valence-electron chi connectivity index (χ3n) is 10.6. The largest absolute Gasteiger partial charge is 0.344 e. The number of hydrogen-bond donors (Lipinski definition) is 0. The smallest absolute Gasteiger partial charge is 0.0453 e. The fourth-order valence-corrected chi connectivity index (χ4v) is 8.78. The van der Waals surface area contributed by atoms with Crippen LogP contribution >= 0.6 is 46.4 Å². The molecule has 0 amide bonds. The van der Waals surface area contributed by atoms with Crippen molar-refractivity contribution in [3.63, 3.8) is 0 Å². The first-order valence-corrected chi connectivity index (χ1v) is 18.8. The molecule has 0 bridgehead atoms. The van der Waals surface area contributed by atoms with E-state index in [0.29, 0.717) is 32.9 Å². The molecule has 1 nitrogen and oxygen atoms in total. The summed E-state index contributed by atoms with van der Waals surface area (Å²) in [6.45, 7) is 14.7. The van der Waals surface area contributed by atoms with Crippen LogP contribution < -0.4 is 4.90 Å². The predicted molar refractivity (Wildman–Crippen MR) is 219 cm³/mol. The molecule has 5 aromatic rings. The average molecular weight is 740 g/mol. The highest BCUT2D eigenvalue weighted by Crippen LogP contribution is 2.51. The van der Waals surface area contributed by atoms with Crippen LogP contribution in [0.15, 0.2) is 133 Å². The van der Waals surface area contributed by atoms with Gasteiger partial charge in [0.1, 0.15) is 0 Å². The maximum atomic E-state index is 6.81. The lowest BCUT2D eigenvalue weighted by molar-refractivity contribution is 0.559. The topological polar surface area (TPSA) is 3.24 Å². The maximum absolute atomic E-state index is 6.81. The van der Waals surface area contributed by atoms with E-state index in [0.717, 1.165) is 36.1 Å². The van der Waals surface area contributed by atoms with E-state index in [-0.39, 0.29) is 5.41 Å². The van der Waals surface area contributed by atoms with Crippen LogP contribution in [0.1, 0.15) is 61.4 Å². The van der Waals surface area contributed by atoms with Gasteiger partial charge >= 0.3 is 0 Å². The lowest BCUT2D eigenvalue weighted by Gasteiger charge is -2.34. The Balaban J connectivity index is 1.46. The zero-order valence-electron chi connectivity index (χ0n) is 29.2. The summed E-state index contributed by atoms with van der Waals surface area (Å²) in [6.07, 6.45) is 10.0. The second-order valence-electron chi connectivity index (χ2n) is 13.8. The Labute approximate surface area is 317 Å². The third kappa shape index (κ3) is 6.79. The van der Waals surface area contributed by atoms with Gasteiger partial charge in [0.15, 0.2) is 0 Å². The van der Waals surface area contributed by atoms with Gasteiger partial charge in [-0.1, -0.05) is 152 Å². The normalized spacial score (nSPS) is 17.8. The molecule has 1 aliphatic rings. The van der Waals surface area contributed by atoms with E-state index in [1.165, 1.54) is 38.8 Å². The minimum absolute atomic E-state index is 0.367. The van der Waals surface area contributed by atoms with Crippen molar-refractivity contribution in [2.24, 2.45) is 0 Å². The molecule has 0 fully saturated rings.